The largest absolute Gasteiger partial charge is 0.380 e. The van der Waals surface area contributed by atoms with Crippen LogP contribution in [0.25, 0.3) is 0 Å². The first-order valence-corrected chi connectivity index (χ1v) is 5.79. The van der Waals surface area contributed by atoms with Gasteiger partial charge in [0.2, 0.25) is 0 Å². The van der Waals surface area contributed by atoms with Gasteiger partial charge in [0.1, 0.15) is 5.82 Å². The molecule has 1 aliphatic heterocycles. The summed E-state index contributed by atoms with van der Waals surface area (Å²) in [6.45, 7) is 6.14. The van der Waals surface area contributed by atoms with Crippen molar-refractivity contribution in [3.63, 3.8) is 0 Å². The topological polar surface area (TPSA) is 56.3 Å². The van der Waals surface area contributed by atoms with Crippen LogP contribution in [0.4, 0.5) is 5.82 Å². The number of rotatable bonds is 2. The van der Waals surface area contributed by atoms with Gasteiger partial charge in [-0.25, -0.2) is 0 Å². The normalized spacial score (nSPS) is 17.6. The summed E-state index contributed by atoms with van der Waals surface area (Å²) in [5.41, 5.74) is 7.99. The lowest BCUT2D eigenvalue weighted by Gasteiger charge is -2.23. The monoisotopic (exact) mass is 224 g/mol. The molecule has 0 spiro atoms. The van der Waals surface area contributed by atoms with E-state index in [0.717, 1.165) is 49.8 Å². The maximum atomic E-state index is 5.80. The highest BCUT2D eigenvalue weighted by molar-refractivity contribution is 5.50. The van der Waals surface area contributed by atoms with Crippen molar-refractivity contribution in [2.45, 2.75) is 19.9 Å². The summed E-state index contributed by atoms with van der Waals surface area (Å²) < 4.78 is 7.40. The van der Waals surface area contributed by atoms with Crippen LogP contribution in [0.15, 0.2) is 0 Å². The van der Waals surface area contributed by atoms with Crippen LogP contribution < -0.4 is 10.6 Å². The van der Waals surface area contributed by atoms with E-state index in [2.05, 4.69) is 10.00 Å². The molecule has 5 nitrogen and oxygen atoms in total. The average molecular weight is 224 g/mol. The van der Waals surface area contributed by atoms with E-state index in [0.29, 0.717) is 6.54 Å². The second-order valence-electron chi connectivity index (χ2n) is 4.17. The summed E-state index contributed by atoms with van der Waals surface area (Å²) in [7, 11) is 1.98. The second-order valence-corrected chi connectivity index (χ2v) is 4.17. The molecule has 0 aliphatic carbocycles. The maximum absolute atomic E-state index is 5.80. The molecule has 1 aliphatic rings. The zero-order valence-corrected chi connectivity index (χ0v) is 10.1. The number of aromatic nitrogens is 2. The van der Waals surface area contributed by atoms with Gasteiger partial charge in [0.15, 0.2) is 0 Å². The smallest absolute Gasteiger partial charge is 0.131 e. The molecule has 2 heterocycles. The van der Waals surface area contributed by atoms with Gasteiger partial charge in [-0.2, -0.15) is 5.10 Å². The molecule has 1 saturated heterocycles. The zero-order valence-electron chi connectivity index (χ0n) is 10.1. The predicted octanol–water partition coefficient (Wildman–Crippen LogP) is 0.414. The van der Waals surface area contributed by atoms with Gasteiger partial charge in [-0.15, -0.1) is 0 Å². The summed E-state index contributed by atoms with van der Waals surface area (Å²) in [5, 5.41) is 4.44. The van der Waals surface area contributed by atoms with Crippen molar-refractivity contribution in [1.29, 1.82) is 0 Å². The Kier molecular flexibility index (Phi) is 3.46. The molecule has 0 aromatic carbocycles. The van der Waals surface area contributed by atoms with Crippen molar-refractivity contribution in [3.05, 3.63) is 11.3 Å². The minimum Gasteiger partial charge on any atom is -0.380 e. The molecule has 0 unspecified atom stereocenters. The van der Waals surface area contributed by atoms with Gasteiger partial charge in [0.05, 0.1) is 12.3 Å². The van der Waals surface area contributed by atoms with Crippen LogP contribution in [0.5, 0.6) is 0 Å². The summed E-state index contributed by atoms with van der Waals surface area (Å²) in [4.78, 5) is 2.33. The highest BCUT2D eigenvalue weighted by atomic mass is 16.5. The number of nitrogens with zero attached hydrogens (tertiary/aromatic N) is 3. The first-order valence-electron chi connectivity index (χ1n) is 5.79. The van der Waals surface area contributed by atoms with Crippen molar-refractivity contribution in [2.75, 3.05) is 31.2 Å². The Bertz CT molecular complexity index is 353. The van der Waals surface area contributed by atoms with E-state index in [1.54, 1.807) is 0 Å². The number of hydrogen-bond donors (Lipinski definition) is 1. The van der Waals surface area contributed by atoms with Gasteiger partial charge in [0.25, 0.3) is 0 Å². The molecule has 0 atom stereocenters. The summed E-state index contributed by atoms with van der Waals surface area (Å²) in [5.74, 6) is 1.16. The van der Waals surface area contributed by atoms with Crippen LogP contribution >= 0.6 is 0 Å². The molecule has 2 rings (SSSR count). The van der Waals surface area contributed by atoms with Gasteiger partial charge in [0, 0.05) is 38.9 Å². The average Bonchev–Trinajstić information content (AvgIpc) is 2.48. The Morgan fingerprint density at radius 1 is 1.38 bits per heavy atom. The first kappa shape index (κ1) is 11.4. The summed E-state index contributed by atoms with van der Waals surface area (Å²) in [6.07, 6.45) is 1.06. The van der Waals surface area contributed by atoms with E-state index >= 15 is 0 Å². The summed E-state index contributed by atoms with van der Waals surface area (Å²) >= 11 is 0. The standard InChI is InChI=1S/C11H20N4O/c1-9-10(8-12)11(14(2)13-9)15-4-3-6-16-7-5-15/h3-8,12H2,1-2H3. The first-order chi connectivity index (χ1) is 7.74. The lowest BCUT2D eigenvalue weighted by Crippen LogP contribution is -2.29. The molecule has 5 heteroatoms. The Hall–Kier alpha value is -1.07. The fraction of sp³-hybridized carbons (Fsp3) is 0.727. The molecule has 1 aromatic heterocycles. The minimum absolute atomic E-state index is 0.548. The molecule has 2 N–H and O–H groups in total. The quantitative estimate of drug-likeness (QED) is 0.790. The fourth-order valence-electron chi connectivity index (χ4n) is 2.28. The van der Waals surface area contributed by atoms with E-state index in [1.165, 1.54) is 0 Å². The molecule has 1 aromatic rings. The molecule has 0 amide bonds. The Balaban J connectivity index is 2.29. The van der Waals surface area contributed by atoms with Crippen molar-refractivity contribution in [3.8, 4) is 0 Å². The van der Waals surface area contributed by atoms with Gasteiger partial charge in [-0.1, -0.05) is 0 Å². The van der Waals surface area contributed by atoms with Gasteiger partial charge in [-0.3, -0.25) is 4.68 Å². The lowest BCUT2D eigenvalue weighted by atomic mass is 10.2. The molecule has 0 bridgehead atoms. The van der Waals surface area contributed by atoms with Crippen molar-refractivity contribution >= 4 is 5.82 Å². The molecule has 0 saturated carbocycles. The van der Waals surface area contributed by atoms with E-state index in [9.17, 15) is 0 Å². The van der Waals surface area contributed by atoms with Gasteiger partial charge < -0.3 is 15.4 Å². The number of hydrogen-bond acceptors (Lipinski definition) is 4. The lowest BCUT2D eigenvalue weighted by molar-refractivity contribution is 0.152. The SMILES string of the molecule is Cc1nn(C)c(N2CCCOCC2)c1CN. The number of anilines is 1. The Morgan fingerprint density at radius 3 is 2.94 bits per heavy atom. The van der Waals surface area contributed by atoms with Gasteiger partial charge >= 0.3 is 0 Å². The molecule has 1 fully saturated rings. The van der Waals surface area contributed by atoms with E-state index in [1.807, 2.05) is 18.7 Å². The van der Waals surface area contributed by atoms with Crippen LogP contribution in [0, 0.1) is 6.92 Å². The highest BCUT2D eigenvalue weighted by Gasteiger charge is 2.19. The van der Waals surface area contributed by atoms with E-state index in [-0.39, 0.29) is 0 Å². The molecular weight excluding hydrogens is 204 g/mol. The molecule has 90 valence electrons. The van der Waals surface area contributed by atoms with Crippen LogP contribution in [0.3, 0.4) is 0 Å². The Morgan fingerprint density at radius 2 is 2.19 bits per heavy atom. The zero-order chi connectivity index (χ0) is 11.5. The third kappa shape index (κ3) is 2.05. The number of nitrogens with two attached hydrogens (primary N) is 1. The third-order valence-corrected chi connectivity index (χ3v) is 3.04. The number of aryl methyl sites for hydroxylation is 2. The number of ether oxygens (including phenoxy) is 1. The van der Waals surface area contributed by atoms with Gasteiger partial charge in [-0.05, 0) is 13.3 Å². The highest BCUT2D eigenvalue weighted by Crippen LogP contribution is 2.23. The minimum atomic E-state index is 0.548. The second kappa shape index (κ2) is 4.84. The van der Waals surface area contributed by atoms with Crippen LogP contribution in [0.2, 0.25) is 0 Å². The van der Waals surface area contributed by atoms with Crippen molar-refractivity contribution in [1.82, 2.24) is 9.78 Å². The molecule has 0 radical (unpaired) electrons. The van der Waals surface area contributed by atoms with Crippen LogP contribution in [-0.2, 0) is 18.3 Å². The van der Waals surface area contributed by atoms with Crippen molar-refractivity contribution in [2.24, 2.45) is 12.8 Å². The molecular formula is C11H20N4O. The van der Waals surface area contributed by atoms with E-state index in [4.69, 9.17) is 10.5 Å². The van der Waals surface area contributed by atoms with Crippen molar-refractivity contribution < 1.29 is 4.74 Å². The third-order valence-electron chi connectivity index (χ3n) is 3.04. The van der Waals surface area contributed by atoms with Crippen LogP contribution in [0.1, 0.15) is 17.7 Å². The predicted molar refractivity (Wildman–Crippen MR) is 63.5 cm³/mol. The Labute approximate surface area is 96.2 Å². The molecule has 16 heavy (non-hydrogen) atoms. The maximum Gasteiger partial charge on any atom is 0.131 e. The van der Waals surface area contributed by atoms with E-state index < -0.39 is 0 Å². The fourth-order valence-corrected chi connectivity index (χ4v) is 2.28. The summed E-state index contributed by atoms with van der Waals surface area (Å²) in [6, 6.07) is 0. The van der Waals surface area contributed by atoms with Crippen LogP contribution in [-0.4, -0.2) is 36.1 Å².